The van der Waals surface area contributed by atoms with E-state index in [1.54, 1.807) is 82.3 Å². The minimum Gasteiger partial charge on any atom is -0.458 e. The van der Waals surface area contributed by atoms with Gasteiger partial charge in [0, 0.05) is 44.7 Å². The second-order valence-corrected chi connectivity index (χ2v) is 23.4. The minimum atomic E-state index is -1.76. The maximum atomic E-state index is 15.1. The van der Waals surface area contributed by atoms with Crippen LogP contribution >= 0.6 is 0 Å². The van der Waals surface area contributed by atoms with Crippen molar-refractivity contribution >= 4 is 59.1 Å². The number of carbonyl (C=O) groups is 10. The van der Waals surface area contributed by atoms with E-state index < -0.39 is 138 Å². The minimum absolute atomic E-state index is 0.0724. The fraction of sp³-hybridized carbons (Fsp3) is 0.633. The third-order valence-corrected chi connectivity index (χ3v) is 15.7. The molecular weight excluding hydrogens is 1040 g/mol. The number of ketones is 1. The molecule has 21 nitrogen and oxygen atoms in total. The lowest BCUT2D eigenvalue weighted by molar-refractivity contribution is -0.162. The average molecular weight is 1130 g/mol. The number of esters is 2. The fourth-order valence-electron chi connectivity index (χ4n) is 10.9. The van der Waals surface area contributed by atoms with Crippen LogP contribution in [0.5, 0.6) is 0 Å². The normalized spacial score (nSPS) is 26.0. The molecule has 0 bridgehead atoms. The molecule has 2 aromatic carbocycles. The van der Waals surface area contributed by atoms with Gasteiger partial charge in [-0.25, -0.2) is 4.79 Å². The van der Waals surface area contributed by atoms with Crippen molar-refractivity contribution in [2.75, 3.05) is 27.2 Å². The van der Waals surface area contributed by atoms with Gasteiger partial charge in [-0.1, -0.05) is 116 Å². The molecule has 0 radical (unpaired) electrons. The molecule has 3 heterocycles. The van der Waals surface area contributed by atoms with Gasteiger partial charge in [0.05, 0.1) is 18.6 Å². The molecule has 12 atom stereocenters. The summed E-state index contributed by atoms with van der Waals surface area (Å²) in [6, 6.07) is 6.22. The Morgan fingerprint density at radius 1 is 0.802 bits per heavy atom. The van der Waals surface area contributed by atoms with E-state index >= 15 is 9.59 Å². The topological polar surface area (TPSA) is 279 Å². The van der Waals surface area contributed by atoms with Crippen LogP contribution in [0.25, 0.3) is 0 Å². The van der Waals surface area contributed by atoms with Crippen molar-refractivity contribution in [3.05, 3.63) is 71.3 Å². The molecule has 5 N–H and O–H groups in total. The number of likely N-dealkylation sites (tertiary alicyclic amines) is 1. The van der Waals surface area contributed by atoms with E-state index in [0.29, 0.717) is 36.0 Å². The standard InChI is InChI=1S/C60H87N7O14/c1-13-36(8)49-47(69)32-48(70)81-52(35(6)7)55(74)61-42(29-33(2)3)57(76)67-28-18-22-44(67)59(78)65(12)46(31-39-23-25-41(26-24-39)51(71)40-19-15-14-16-20-40)60(79)80-38(10)50(54(73)62-49)63-53(72)45(30-34(4)5)64(11)58(77)43-21-17-27-66(43)56(75)37(9)68/h14-16,19-20,23-26,33-38,42-47,49-50,52,68-69H,13,17-18,21-22,27-32H2,1-12H3,(H,61,74)(H,62,73)(H,63,72)/t36-,37+,38-,42-,43-,44-,45+,46-,47-,49-,50+,52-/m0/s1. The van der Waals surface area contributed by atoms with Crippen molar-refractivity contribution in [2.24, 2.45) is 23.7 Å². The Morgan fingerprint density at radius 3 is 2.02 bits per heavy atom. The highest BCUT2D eigenvalue weighted by Crippen LogP contribution is 2.27. The first-order valence-corrected chi connectivity index (χ1v) is 28.7. The lowest BCUT2D eigenvalue weighted by Crippen LogP contribution is -2.62. The summed E-state index contributed by atoms with van der Waals surface area (Å²) in [4.78, 5) is 148. The van der Waals surface area contributed by atoms with Crippen molar-refractivity contribution < 1.29 is 67.6 Å². The number of hydrogen-bond acceptors (Lipinski definition) is 14. The number of carbonyl (C=O) groups excluding carboxylic acids is 10. The molecule has 3 aliphatic rings. The van der Waals surface area contributed by atoms with Gasteiger partial charge in [0.1, 0.15) is 48.5 Å². The summed E-state index contributed by atoms with van der Waals surface area (Å²) in [6.45, 7) is 17.2. The van der Waals surface area contributed by atoms with Crippen LogP contribution in [0.15, 0.2) is 54.6 Å². The number of rotatable bonds is 16. The largest absolute Gasteiger partial charge is 0.458 e. The average Bonchev–Trinajstić information content (AvgIpc) is 4.16. The van der Waals surface area contributed by atoms with E-state index in [2.05, 4.69) is 16.0 Å². The van der Waals surface area contributed by atoms with Gasteiger partial charge >= 0.3 is 11.9 Å². The van der Waals surface area contributed by atoms with Crippen LogP contribution in [0.4, 0.5) is 0 Å². The zero-order valence-corrected chi connectivity index (χ0v) is 49.2. The molecule has 0 unspecified atom stereocenters. The van der Waals surface area contributed by atoms with Crippen LogP contribution < -0.4 is 16.0 Å². The van der Waals surface area contributed by atoms with Gasteiger partial charge in [-0.05, 0) is 81.6 Å². The van der Waals surface area contributed by atoms with Crippen LogP contribution in [0, 0.1) is 23.7 Å². The molecule has 3 fully saturated rings. The smallest absolute Gasteiger partial charge is 0.329 e. The van der Waals surface area contributed by atoms with E-state index in [1.807, 2.05) is 27.7 Å². The molecule has 21 heteroatoms. The van der Waals surface area contributed by atoms with Gasteiger partial charge in [0.15, 0.2) is 11.9 Å². The SMILES string of the molecule is CC[C@H](C)[C@@H]1NC(=O)[C@H](NC(=O)[C@@H](CC(C)C)N(C)C(=O)[C@@H]2CCCN2C(=O)[C@@H](C)O)[C@H](C)OC(=O)[C@H](Cc2ccc(C(=O)c3ccccc3)cc2)N(C)C(=O)[C@@H]2CCCN2C(=O)[C@H](CC(C)C)NC(=O)[C@H](C(C)C)OC(=O)C[C@@H]1O. The molecule has 3 saturated heterocycles. The summed E-state index contributed by atoms with van der Waals surface area (Å²) >= 11 is 0. The molecule has 5 rings (SSSR count). The number of aliphatic hydroxyl groups excluding tert-OH is 2. The highest BCUT2D eigenvalue weighted by molar-refractivity contribution is 6.09. The summed E-state index contributed by atoms with van der Waals surface area (Å²) < 4.78 is 11.9. The summed E-state index contributed by atoms with van der Waals surface area (Å²) in [5, 5.41) is 30.3. The van der Waals surface area contributed by atoms with Gasteiger partial charge in [0.2, 0.25) is 29.5 Å². The van der Waals surface area contributed by atoms with E-state index in [-0.39, 0.29) is 62.8 Å². The predicted octanol–water partition coefficient (Wildman–Crippen LogP) is 3.33. The monoisotopic (exact) mass is 1130 g/mol. The number of amides is 7. The molecular formula is C60H87N7O14. The van der Waals surface area contributed by atoms with Gasteiger partial charge in [-0.3, -0.25) is 43.2 Å². The van der Waals surface area contributed by atoms with E-state index in [9.17, 15) is 48.6 Å². The second-order valence-electron chi connectivity index (χ2n) is 23.4. The highest BCUT2D eigenvalue weighted by Gasteiger charge is 2.46. The number of ether oxygens (including phenoxy) is 2. The van der Waals surface area contributed by atoms with Gasteiger partial charge in [0.25, 0.3) is 11.8 Å². The van der Waals surface area contributed by atoms with Crippen LogP contribution in [-0.2, 0) is 59.0 Å². The number of fused-ring (bicyclic) bond motifs is 1. The number of benzene rings is 2. The first kappa shape index (κ1) is 65.1. The lowest BCUT2D eigenvalue weighted by Gasteiger charge is -2.36. The summed E-state index contributed by atoms with van der Waals surface area (Å²) in [5.41, 5.74) is 1.32. The fourth-order valence-corrected chi connectivity index (χ4v) is 10.9. The Labute approximate surface area is 476 Å². The zero-order valence-electron chi connectivity index (χ0n) is 49.2. The van der Waals surface area contributed by atoms with E-state index in [1.165, 1.54) is 47.5 Å². The van der Waals surface area contributed by atoms with E-state index in [4.69, 9.17) is 9.47 Å². The number of nitrogens with one attached hydrogen (secondary N) is 3. The third kappa shape index (κ3) is 16.7. The first-order chi connectivity index (χ1) is 38.2. The number of likely N-dealkylation sites (N-methyl/N-ethyl adjacent to an activating group) is 2. The molecule has 2 aromatic rings. The maximum Gasteiger partial charge on any atom is 0.329 e. The second kappa shape index (κ2) is 29.3. The molecule has 0 saturated carbocycles. The Kier molecular flexibility index (Phi) is 23.5. The quantitative estimate of drug-likeness (QED) is 0.119. The van der Waals surface area contributed by atoms with E-state index in [0.717, 1.165) is 0 Å². The molecule has 0 spiro atoms. The lowest BCUT2D eigenvalue weighted by atomic mass is 9.92. The van der Waals surface area contributed by atoms with Crippen molar-refractivity contribution in [3.8, 4) is 0 Å². The Morgan fingerprint density at radius 2 is 1.43 bits per heavy atom. The van der Waals surface area contributed by atoms with Crippen molar-refractivity contribution in [1.82, 2.24) is 35.6 Å². The predicted molar refractivity (Wildman–Crippen MR) is 299 cm³/mol. The number of cyclic esters (lactones) is 2. The first-order valence-electron chi connectivity index (χ1n) is 28.7. The van der Waals surface area contributed by atoms with Gasteiger partial charge in [-0.2, -0.15) is 0 Å². The molecule has 81 heavy (non-hydrogen) atoms. The molecule has 0 aliphatic carbocycles. The maximum absolute atomic E-state index is 15.1. The van der Waals surface area contributed by atoms with Crippen molar-refractivity contribution in [3.63, 3.8) is 0 Å². The Balaban J connectivity index is 1.62. The van der Waals surface area contributed by atoms with Crippen LogP contribution in [0.1, 0.15) is 142 Å². The molecule has 3 aliphatic heterocycles. The number of nitrogens with zero attached hydrogens (tertiary/aromatic N) is 4. The van der Waals surface area contributed by atoms with Crippen molar-refractivity contribution in [1.29, 1.82) is 0 Å². The van der Waals surface area contributed by atoms with Crippen LogP contribution in [-0.4, -0.2) is 183 Å². The van der Waals surface area contributed by atoms with Gasteiger partial charge < -0.3 is 55.2 Å². The number of aliphatic hydroxyl groups is 2. The molecule has 7 amide bonds. The third-order valence-electron chi connectivity index (χ3n) is 15.7. The molecule has 446 valence electrons. The van der Waals surface area contributed by atoms with Crippen LogP contribution in [0.3, 0.4) is 0 Å². The summed E-state index contributed by atoms with van der Waals surface area (Å²) in [7, 11) is 2.80. The Bertz CT molecular complexity index is 2560. The van der Waals surface area contributed by atoms with Crippen LogP contribution in [0.2, 0.25) is 0 Å². The zero-order chi connectivity index (χ0) is 60.2. The van der Waals surface area contributed by atoms with Gasteiger partial charge in [-0.15, -0.1) is 0 Å². The van der Waals surface area contributed by atoms with Crippen molar-refractivity contribution in [2.45, 2.75) is 194 Å². The molecule has 0 aromatic heterocycles. The Hall–Kier alpha value is -6.74. The highest BCUT2D eigenvalue weighted by atomic mass is 16.6. The number of hydrogen-bond donors (Lipinski definition) is 5. The summed E-state index contributed by atoms with van der Waals surface area (Å²) in [6.07, 6.45) is -4.92. The summed E-state index contributed by atoms with van der Waals surface area (Å²) in [5.74, 6) is -8.69.